The number of aliphatic hydroxyl groups excluding tert-OH is 1. The highest BCUT2D eigenvalue weighted by molar-refractivity contribution is 7.19. The van der Waals surface area contributed by atoms with E-state index in [4.69, 9.17) is 24.3 Å². The molecule has 0 aliphatic rings. The number of hydrogen-bond acceptors (Lipinski definition) is 8. The fourth-order valence-corrected chi connectivity index (χ4v) is 5.03. The van der Waals surface area contributed by atoms with Crippen LogP contribution in [-0.2, 0) is 11.4 Å². The van der Waals surface area contributed by atoms with Crippen molar-refractivity contribution in [2.24, 2.45) is 0 Å². The number of carboxylic acids is 1. The third-order valence-electron chi connectivity index (χ3n) is 5.94. The lowest BCUT2D eigenvalue weighted by molar-refractivity contribution is -0.137. The molecule has 3 N–H and O–H groups in total. The van der Waals surface area contributed by atoms with Crippen LogP contribution < -0.4 is 14.2 Å². The molecule has 0 atom stereocenters. The van der Waals surface area contributed by atoms with E-state index in [1.165, 1.54) is 18.4 Å². The molecular weight excluding hydrogens is 518 g/mol. The number of aliphatic carboxylic acids is 1. The van der Waals surface area contributed by atoms with Gasteiger partial charge in [-0.3, -0.25) is 4.79 Å². The number of aromatic nitrogens is 1. The van der Waals surface area contributed by atoms with Crippen molar-refractivity contribution in [3.8, 4) is 55.3 Å². The molecule has 3 aromatic carbocycles. The van der Waals surface area contributed by atoms with Crippen LogP contribution in [0.3, 0.4) is 0 Å². The molecule has 0 fully saturated rings. The lowest BCUT2D eigenvalue weighted by atomic mass is 10.1. The number of aromatic hydroxyl groups is 1. The number of nitrogens with zero attached hydrogens (tertiary/aromatic N) is 1. The van der Waals surface area contributed by atoms with Crippen LogP contribution in [0.4, 0.5) is 0 Å². The number of methoxy groups -OCH3 is 1. The summed E-state index contributed by atoms with van der Waals surface area (Å²) < 4.78 is 16.8. The van der Waals surface area contributed by atoms with E-state index in [-0.39, 0.29) is 24.5 Å². The second kappa shape index (κ2) is 13.1. The first kappa shape index (κ1) is 27.9. The monoisotopic (exact) mass is 549 g/mol. The van der Waals surface area contributed by atoms with Crippen molar-refractivity contribution in [3.05, 3.63) is 66.2 Å². The summed E-state index contributed by atoms with van der Waals surface area (Å²) in [7, 11) is 1.46. The molecule has 0 radical (unpaired) electrons. The van der Waals surface area contributed by atoms with Gasteiger partial charge >= 0.3 is 5.97 Å². The molecule has 0 saturated heterocycles. The summed E-state index contributed by atoms with van der Waals surface area (Å²) in [6.07, 6.45) is 1.42. The first-order valence-corrected chi connectivity index (χ1v) is 13.4. The van der Waals surface area contributed by atoms with Crippen molar-refractivity contribution in [1.29, 1.82) is 0 Å². The van der Waals surface area contributed by atoms with E-state index in [1.54, 1.807) is 12.1 Å². The molecule has 0 aliphatic heterocycles. The molecule has 0 amide bonds. The maximum Gasteiger partial charge on any atom is 0.303 e. The van der Waals surface area contributed by atoms with E-state index in [2.05, 4.69) is 6.92 Å². The number of benzene rings is 3. The Morgan fingerprint density at radius 2 is 1.56 bits per heavy atom. The molecule has 0 spiro atoms. The summed E-state index contributed by atoms with van der Waals surface area (Å²) in [6.45, 7) is 2.69. The highest BCUT2D eigenvalue weighted by Gasteiger charge is 2.19. The molecule has 0 saturated carbocycles. The van der Waals surface area contributed by atoms with Crippen molar-refractivity contribution in [2.75, 3.05) is 20.3 Å². The molecule has 4 aromatic rings. The van der Waals surface area contributed by atoms with Crippen LogP contribution in [0.2, 0.25) is 0 Å². The standard InChI is InChI=1S/C30H31NO7S/c1-3-14-37-23-12-8-20(9-13-23)29-27(19-6-10-24(11-7-19)38-15-4-5-26(33)34)31-30(39-29)21-16-22(18-32)28(35)25(17-21)36-2/h6-13,16-17,32,35H,3-5,14-15,18H2,1-2H3,(H,33,34). The average Bonchev–Trinajstić information content (AvgIpc) is 3.40. The van der Waals surface area contributed by atoms with E-state index >= 15 is 0 Å². The largest absolute Gasteiger partial charge is 0.504 e. The zero-order valence-corrected chi connectivity index (χ0v) is 22.7. The van der Waals surface area contributed by atoms with Crippen LogP contribution in [-0.4, -0.2) is 46.6 Å². The van der Waals surface area contributed by atoms with Gasteiger partial charge in [-0.15, -0.1) is 11.3 Å². The van der Waals surface area contributed by atoms with Gasteiger partial charge in [0.1, 0.15) is 16.5 Å². The summed E-state index contributed by atoms with van der Waals surface area (Å²) in [5, 5.41) is 29.6. The lowest BCUT2D eigenvalue weighted by Crippen LogP contribution is -2.01. The van der Waals surface area contributed by atoms with E-state index in [9.17, 15) is 15.0 Å². The van der Waals surface area contributed by atoms with E-state index in [0.29, 0.717) is 41.5 Å². The normalized spacial score (nSPS) is 10.8. The van der Waals surface area contributed by atoms with Crippen LogP contribution in [0.5, 0.6) is 23.0 Å². The highest BCUT2D eigenvalue weighted by Crippen LogP contribution is 2.43. The van der Waals surface area contributed by atoms with Gasteiger partial charge in [-0.25, -0.2) is 4.98 Å². The average molecular weight is 550 g/mol. The topological polar surface area (TPSA) is 118 Å². The number of phenols is 1. The predicted octanol–water partition coefficient (Wildman–Crippen LogP) is 6.38. The van der Waals surface area contributed by atoms with Crippen molar-refractivity contribution in [2.45, 2.75) is 32.8 Å². The molecule has 9 heteroatoms. The van der Waals surface area contributed by atoms with Gasteiger partial charge in [0.25, 0.3) is 0 Å². The number of carboxylic acid groups (broad SMARTS) is 1. The number of ether oxygens (including phenoxy) is 3. The van der Waals surface area contributed by atoms with Gasteiger partial charge in [-0.05, 0) is 79.1 Å². The highest BCUT2D eigenvalue weighted by atomic mass is 32.1. The summed E-state index contributed by atoms with van der Waals surface area (Å²) >= 11 is 1.49. The molecular formula is C30H31NO7S. The number of hydrogen-bond donors (Lipinski definition) is 3. The first-order chi connectivity index (χ1) is 18.9. The fourth-order valence-electron chi connectivity index (χ4n) is 3.94. The Kier molecular flexibility index (Phi) is 9.40. The second-order valence-electron chi connectivity index (χ2n) is 8.78. The maximum absolute atomic E-state index is 10.7. The van der Waals surface area contributed by atoms with Gasteiger partial charge in [0.2, 0.25) is 0 Å². The Bertz CT molecular complexity index is 1370. The quantitative estimate of drug-likeness (QED) is 0.164. The zero-order chi connectivity index (χ0) is 27.8. The number of rotatable bonds is 13. The molecule has 0 bridgehead atoms. The number of carbonyl (C=O) groups is 1. The minimum absolute atomic E-state index is 0.0609. The molecule has 1 aromatic heterocycles. The van der Waals surface area contributed by atoms with E-state index in [1.807, 2.05) is 48.5 Å². The lowest BCUT2D eigenvalue weighted by Gasteiger charge is -2.09. The number of thiazole rings is 1. The summed E-state index contributed by atoms with van der Waals surface area (Å²) in [4.78, 5) is 16.6. The van der Waals surface area contributed by atoms with Gasteiger partial charge < -0.3 is 29.5 Å². The van der Waals surface area contributed by atoms with Crippen LogP contribution in [0, 0.1) is 0 Å². The smallest absolute Gasteiger partial charge is 0.303 e. The van der Waals surface area contributed by atoms with Gasteiger partial charge in [-0.1, -0.05) is 6.92 Å². The van der Waals surface area contributed by atoms with E-state index < -0.39 is 5.97 Å². The molecule has 4 rings (SSSR count). The van der Waals surface area contributed by atoms with Crippen molar-refractivity contribution < 1.29 is 34.3 Å². The van der Waals surface area contributed by atoms with Crippen molar-refractivity contribution in [1.82, 2.24) is 4.98 Å². The third-order valence-corrected chi connectivity index (χ3v) is 7.09. The Labute approximate surface area is 231 Å². The molecule has 204 valence electrons. The Morgan fingerprint density at radius 1 is 0.923 bits per heavy atom. The first-order valence-electron chi connectivity index (χ1n) is 12.6. The van der Waals surface area contributed by atoms with Gasteiger partial charge in [0, 0.05) is 23.1 Å². The van der Waals surface area contributed by atoms with Crippen LogP contribution in [0.25, 0.3) is 32.3 Å². The second-order valence-corrected chi connectivity index (χ2v) is 9.78. The van der Waals surface area contributed by atoms with Crippen LogP contribution in [0.15, 0.2) is 60.7 Å². The summed E-state index contributed by atoms with van der Waals surface area (Å²) in [5.74, 6) is 0.767. The van der Waals surface area contributed by atoms with Gasteiger partial charge in [-0.2, -0.15) is 0 Å². The minimum Gasteiger partial charge on any atom is -0.504 e. The maximum atomic E-state index is 10.7. The van der Waals surface area contributed by atoms with Gasteiger partial charge in [0.15, 0.2) is 11.5 Å². The molecule has 0 unspecified atom stereocenters. The zero-order valence-electron chi connectivity index (χ0n) is 21.8. The molecule has 1 heterocycles. The minimum atomic E-state index is -0.844. The Hall–Kier alpha value is -4.08. The third kappa shape index (κ3) is 6.87. The van der Waals surface area contributed by atoms with Gasteiger partial charge in [0.05, 0.1) is 37.5 Å². The van der Waals surface area contributed by atoms with Crippen LogP contribution >= 0.6 is 11.3 Å². The van der Waals surface area contributed by atoms with Crippen molar-refractivity contribution >= 4 is 17.3 Å². The molecule has 0 aliphatic carbocycles. The summed E-state index contributed by atoms with van der Waals surface area (Å²) in [6, 6.07) is 18.8. The predicted molar refractivity (Wildman–Crippen MR) is 151 cm³/mol. The SMILES string of the molecule is CCCOc1ccc(-c2sc(-c3cc(CO)c(O)c(OC)c3)nc2-c2ccc(OCCCC(=O)O)cc2)cc1. The Balaban J connectivity index is 1.71. The fraction of sp³-hybridized carbons (Fsp3) is 0.267. The summed E-state index contributed by atoms with van der Waals surface area (Å²) in [5.41, 5.74) is 3.69. The number of aliphatic hydroxyl groups is 1. The Morgan fingerprint density at radius 3 is 2.15 bits per heavy atom. The van der Waals surface area contributed by atoms with E-state index in [0.717, 1.165) is 33.9 Å². The molecule has 39 heavy (non-hydrogen) atoms. The van der Waals surface area contributed by atoms with Crippen LogP contribution in [0.1, 0.15) is 31.7 Å². The van der Waals surface area contributed by atoms with Crippen molar-refractivity contribution in [3.63, 3.8) is 0 Å². The molecule has 8 nitrogen and oxygen atoms in total.